The fourth-order valence-corrected chi connectivity index (χ4v) is 3.50. The van der Waals surface area contributed by atoms with E-state index in [9.17, 15) is 9.59 Å². The molecule has 128 valence electrons. The van der Waals surface area contributed by atoms with Crippen molar-refractivity contribution in [2.24, 2.45) is 11.3 Å². The molecule has 0 aromatic carbocycles. The van der Waals surface area contributed by atoms with Gasteiger partial charge < -0.3 is 9.47 Å². The van der Waals surface area contributed by atoms with Crippen LogP contribution in [0.2, 0.25) is 0 Å². The summed E-state index contributed by atoms with van der Waals surface area (Å²) in [6, 6.07) is 0. The lowest BCUT2D eigenvalue weighted by Gasteiger charge is -2.31. The Morgan fingerprint density at radius 2 is 1.68 bits per heavy atom. The van der Waals surface area contributed by atoms with Crippen LogP contribution in [0.15, 0.2) is 0 Å². The average Bonchev–Trinajstić information content (AvgIpc) is 2.60. The normalized spacial score (nSPS) is 26.8. The summed E-state index contributed by atoms with van der Waals surface area (Å²) in [5, 5.41) is 0. The largest absolute Gasteiger partial charge is 0.466 e. The zero-order valence-corrected chi connectivity index (χ0v) is 14.9. The van der Waals surface area contributed by atoms with Crippen LogP contribution in [0.25, 0.3) is 0 Å². The van der Waals surface area contributed by atoms with Crippen LogP contribution in [0.5, 0.6) is 0 Å². The summed E-state index contributed by atoms with van der Waals surface area (Å²) >= 11 is 0. The highest BCUT2D eigenvalue weighted by molar-refractivity contribution is 5.89. The highest BCUT2D eigenvalue weighted by atomic mass is 16.6. The standard InChI is InChI=1S/C18H32O4/c1-6-8-9-10-11-12-13-18(5)14(15(19)21-7-2)17(3,4)16(20)22-18/h14H,6-13H2,1-5H3/t14-,18-/m0/s1. The Hall–Kier alpha value is -1.06. The third-order valence-corrected chi connectivity index (χ3v) is 4.73. The van der Waals surface area contributed by atoms with E-state index in [2.05, 4.69) is 6.92 Å². The molecule has 1 aliphatic rings. The predicted molar refractivity (Wildman–Crippen MR) is 86.4 cm³/mol. The first kappa shape index (κ1) is 19.0. The maximum Gasteiger partial charge on any atom is 0.314 e. The molecule has 0 aromatic heterocycles. The molecule has 1 rings (SSSR count). The molecular formula is C18H32O4. The number of cyclic esters (lactones) is 1. The Morgan fingerprint density at radius 3 is 2.27 bits per heavy atom. The maximum atomic E-state index is 12.3. The first-order valence-corrected chi connectivity index (χ1v) is 8.69. The molecule has 0 amide bonds. The monoisotopic (exact) mass is 312 g/mol. The van der Waals surface area contributed by atoms with Gasteiger partial charge in [0.2, 0.25) is 0 Å². The van der Waals surface area contributed by atoms with Crippen LogP contribution in [-0.4, -0.2) is 24.1 Å². The summed E-state index contributed by atoms with van der Waals surface area (Å²) < 4.78 is 10.8. The Bertz CT molecular complexity index is 389. The minimum Gasteiger partial charge on any atom is -0.466 e. The van der Waals surface area contributed by atoms with E-state index in [1.807, 2.05) is 6.92 Å². The lowest BCUT2D eigenvalue weighted by Crippen LogP contribution is -2.43. The molecule has 1 heterocycles. The second kappa shape index (κ2) is 7.98. The van der Waals surface area contributed by atoms with Crippen molar-refractivity contribution in [2.45, 2.75) is 85.2 Å². The molecule has 22 heavy (non-hydrogen) atoms. The van der Waals surface area contributed by atoms with Gasteiger partial charge in [0, 0.05) is 0 Å². The van der Waals surface area contributed by atoms with Crippen LogP contribution in [0.3, 0.4) is 0 Å². The molecule has 0 spiro atoms. The van der Waals surface area contributed by atoms with E-state index < -0.39 is 16.9 Å². The van der Waals surface area contributed by atoms with E-state index in [4.69, 9.17) is 9.47 Å². The van der Waals surface area contributed by atoms with Crippen molar-refractivity contribution >= 4 is 11.9 Å². The van der Waals surface area contributed by atoms with Crippen LogP contribution >= 0.6 is 0 Å². The summed E-state index contributed by atoms with van der Waals surface area (Å²) in [7, 11) is 0. The van der Waals surface area contributed by atoms with E-state index in [0.29, 0.717) is 6.61 Å². The lowest BCUT2D eigenvalue weighted by molar-refractivity contribution is -0.157. The molecule has 2 atom stereocenters. The summed E-state index contributed by atoms with van der Waals surface area (Å²) in [4.78, 5) is 24.5. The summed E-state index contributed by atoms with van der Waals surface area (Å²) in [5.41, 5.74) is -1.55. The van der Waals surface area contributed by atoms with Crippen molar-refractivity contribution in [3.8, 4) is 0 Å². The van der Waals surface area contributed by atoms with Crippen LogP contribution < -0.4 is 0 Å². The van der Waals surface area contributed by atoms with Crippen LogP contribution in [0.4, 0.5) is 0 Å². The van der Waals surface area contributed by atoms with Crippen molar-refractivity contribution in [1.82, 2.24) is 0 Å². The molecular weight excluding hydrogens is 280 g/mol. The molecule has 0 aromatic rings. The molecule has 0 bridgehead atoms. The van der Waals surface area contributed by atoms with Gasteiger partial charge in [-0.25, -0.2) is 0 Å². The SMILES string of the molecule is CCCCCCCC[C@]1(C)OC(=O)C(C)(C)[C@@H]1C(=O)OCC. The number of esters is 2. The van der Waals surface area contributed by atoms with Gasteiger partial charge in [-0.3, -0.25) is 9.59 Å². The molecule has 0 aliphatic carbocycles. The van der Waals surface area contributed by atoms with E-state index >= 15 is 0 Å². The summed E-state index contributed by atoms with van der Waals surface area (Å²) in [5.74, 6) is -1.13. The van der Waals surface area contributed by atoms with Gasteiger partial charge in [-0.2, -0.15) is 0 Å². The Kier molecular flexibility index (Phi) is 6.89. The van der Waals surface area contributed by atoms with Gasteiger partial charge >= 0.3 is 11.9 Å². The average molecular weight is 312 g/mol. The fourth-order valence-electron chi connectivity index (χ4n) is 3.50. The van der Waals surface area contributed by atoms with Crippen molar-refractivity contribution in [1.29, 1.82) is 0 Å². The minimum absolute atomic E-state index is 0.293. The molecule has 1 fully saturated rings. The van der Waals surface area contributed by atoms with Gasteiger partial charge in [-0.1, -0.05) is 39.0 Å². The Labute approximate surface area is 134 Å². The van der Waals surface area contributed by atoms with Crippen LogP contribution in [0.1, 0.15) is 79.6 Å². The number of ether oxygens (including phenoxy) is 2. The zero-order chi connectivity index (χ0) is 16.8. The zero-order valence-electron chi connectivity index (χ0n) is 14.9. The van der Waals surface area contributed by atoms with Gasteiger partial charge in [0.05, 0.1) is 12.0 Å². The molecule has 1 aliphatic heterocycles. The second-order valence-corrected chi connectivity index (χ2v) is 7.13. The molecule has 1 saturated heterocycles. The van der Waals surface area contributed by atoms with Crippen molar-refractivity contribution < 1.29 is 19.1 Å². The smallest absolute Gasteiger partial charge is 0.314 e. The minimum atomic E-state index is -0.816. The Morgan fingerprint density at radius 1 is 1.09 bits per heavy atom. The second-order valence-electron chi connectivity index (χ2n) is 7.13. The third kappa shape index (κ3) is 4.23. The highest BCUT2D eigenvalue weighted by Crippen LogP contribution is 2.48. The van der Waals surface area contributed by atoms with Gasteiger partial charge in [0.1, 0.15) is 11.5 Å². The van der Waals surface area contributed by atoms with Crippen molar-refractivity contribution in [3.05, 3.63) is 0 Å². The predicted octanol–water partition coefficient (Wildman–Crippen LogP) is 4.26. The lowest BCUT2D eigenvalue weighted by atomic mass is 9.71. The maximum absolute atomic E-state index is 12.3. The molecule has 0 radical (unpaired) electrons. The molecule has 4 heteroatoms. The number of carbonyl (C=O) groups is 2. The van der Waals surface area contributed by atoms with Gasteiger partial charge in [-0.15, -0.1) is 0 Å². The fraction of sp³-hybridized carbons (Fsp3) is 0.889. The number of carbonyl (C=O) groups excluding carboxylic acids is 2. The molecule has 0 N–H and O–H groups in total. The first-order valence-electron chi connectivity index (χ1n) is 8.69. The van der Waals surface area contributed by atoms with Gasteiger partial charge in [0.25, 0.3) is 0 Å². The van der Waals surface area contributed by atoms with E-state index in [0.717, 1.165) is 19.3 Å². The van der Waals surface area contributed by atoms with Crippen LogP contribution in [0, 0.1) is 11.3 Å². The molecule has 4 nitrogen and oxygen atoms in total. The third-order valence-electron chi connectivity index (χ3n) is 4.73. The van der Waals surface area contributed by atoms with Gasteiger partial charge in [-0.05, 0) is 40.5 Å². The number of hydrogen-bond donors (Lipinski definition) is 0. The molecule has 0 saturated carbocycles. The van der Waals surface area contributed by atoms with Crippen LogP contribution in [-0.2, 0) is 19.1 Å². The first-order chi connectivity index (χ1) is 10.3. The highest BCUT2D eigenvalue weighted by Gasteiger charge is 2.61. The number of rotatable bonds is 9. The van der Waals surface area contributed by atoms with E-state index in [1.54, 1.807) is 20.8 Å². The topological polar surface area (TPSA) is 52.6 Å². The quantitative estimate of drug-likeness (QED) is 0.471. The van der Waals surface area contributed by atoms with E-state index in [-0.39, 0.29) is 11.9 Å². The van der Waals surface area contributed by atoms with Crippen molar-refractivity contribution in [3.63, 3.8) is 0 Å². The summed E-state index contributed by atoms with van der Waals surface area (Å²) in [6.07, 6.45) is 7.75. The number of hydrogen-bond acceptors (Lipinski definition) is 4. The van der Waals surface area contributed by atoms with Crippen molar-refractivity contribution in [2.75, 3.05) is 6.61 Å². The summed E-state index contributed by atoms with van der Waals surface area (Å²) in [6.45, 7) is 9.76. The van der Waals surface area contributed by atoms with Gasteiger partial charge in [0.15, 0.2) is 0 Å². The van der Waals surface area contributed by atoms with E-state index in [1.165, 1.54) is 25.7 Å². The Balaban J connectivity index is 2.67. The molecule has 0 unspecified atom stereocenters. The number of unbranched alkanes of at least 4 members (excludes halogenated alkanes) is 5.